The van der Waals surface area contributed by atoms with Crippen LogP contribution in [0.15, 0.2) is 36.4 Å². The minimum absolute atomic E-state index is 0.158. The maximum absolute atomic E-state index is 13.1. The van der Waals surface area contributed by atoms with E-state index in [0.29, 0.717) is 5.69 Å². The van der Waals surface area contributed by atoms with Crippen molar-refractivity contribution in [1.82, 2.24) is 0 Å². The normalized spacial score (nSPS) is 38.4. The fraction of sp³-hybridized carbons (Fsp3) is 0.500. The third kappa shape index (κ3) is 2.00. The van der Waals surface area contributed by atoms with Crippen LogP contribution in [0.4, 0.5) is 11.4 Å². The lowest BCUT2D eigenvalue weighted by atomic mass is 9.73. The summed E-state index contributed by atoms with van der Waals surface area (Å²) >= 11 is 0. The molecular weight excluding hydrogens is 332 g/mol. The summed E-state index contributed by atoms with van der Waals surface area (Å²) in [6, 6.07) is 7.68. The highest BCUT2D eigenvalue weighted by molar-refractivity contribution is 6.23. The number of fused-ring (bicyclic) bond motifs is 5. The predicted octanol–water partition coefficient (Wildman–Crippen LogP) is 1.75. The Morgan fingerprint density at radius 3 is 1.92 bits per heavy atom. The number of morpholine rings is 1. The molecule has 6 nitrogen and oxygen atoms in total. The Balaban J connectivity index is 1.45. The molecule has 1 aromatic rings. The highest BCUT2D eigenvalue weighted by Crippen LogP contribution is 2.57. The molecule has 3 saturated heterocycles. The van der Waals surface area contributed by atoms with Crippen molar-refractivity contribution < 1.29 is 19.1 Å². The molecule has 4 atom stereocenters. The SMILES string of the molecule is CC12C=CC(C)(O1)C1C(=O)N(c3ccc(N4CCOCC4)cc3)C(=O)C12. The van der Waals surface area contributed by atoms with Gasteiger partial charge in [-0.05, 0) is 38.1 Å². The highest BCUT2D eigenvalue weighted by atomic mass is 16.5. The van der Waals surface area contributed by atoms with Gasteiger partial charge in [-0.15, -0.1) is 0 Å². The van der Waals surface area contributed by atoms with Crippen LogP contribution in [0, 0.1) is 11.8 Å². The summed E-state index contributed by atoms with van der Waals surface area (Å²) < 4.78 is 11.4. The summed E-state index contributed by atoms with van der Waals surface area (Å²) in [5.41, 5.74) is 0.349. The van der Waals surface area contributed by atoms with Crippen molar-refractivity contribution in [3.05, 3.63) is 36.4 Å². The van der Waals surface area contributed by atoms with Gasteiger partial charge < -0.3 is 14.4 Å². The monoisotopic (exact) mass is 354 g/mol. The van der Waals surface area contributed by atoms with Crippen molar-refractivity contribution in [2.24, 2.45) is 11.8 Å². The zero-order valence-electron chi connectivity index (χ0n) is 15.0. The van der Waals surface area contributed by atoms with E-state index in [-0.39, 0.29) is 11.8 Å². The largest absolute Gasteiger partial charge is 0.378 e. The van der Waals surface area contributed by atoms with Crippen LogP contribution in [-0.2, 0) is 19.1 Å². The van der Waals surface area contributed by atoms with Crippen LogP contribution in [0.5, 0.6) is 0 Å². The molecular formula is C20H22N2O4. The van der Waals surface area contributed by atoms with Crippen LogP contribution >= 0.6 is 0 Å². The van der Waals surface area contributed by atoms with Crippen LogP contribution in [0.2, 0.25) is 0 Å². The Bertz CT molecular complexity index is 778. The number of anilines is 2. The topological polar surface area (TPSA) is 59.1 Å². The van der Waals surface area contributed by atoms with Gasteiger partial charge in [-0.1, -0.05) is 12.2 Å². The Kier molecular flexibility index (Phi) is 3.19. The number of carbonyl (C=O) groups is 2. The van der Waals surface area contributed by atoms with E-state index < -0.39 is 23.0 Å². The second kappa shape index (κ2) is 5.18. The standard InChI is InChI=1S/C20H22N2O4/c1-19-7-8-20(2,26-19)16-15(19)17(23)22(18(16)24)14-5-3-13(4-6-14)21-9-11-25-12-10-21/h3-8,15-16H,9-12H2,1-2H3. The van der Waals surface area contributed by atoms with E-state index in [9.17, 15) is 9.59 Å². The lowest BCUT2D eigenvalue weighted by Crippen LogP contribution is -2.39. The van der Waals surface area contributed by atoms with Crippen molar-refractivity contribution in [2.75, 3.05) is 36.1 Å². The Labute approximate surface area is 152 Å². The molecule has 4 aliphatic heterocycles. The molecule has 0 radical (unpaired) electrons. The first-order valence-electron chi connectivity index (χ1n) is 9.14. The van der Waals surface area contributed by atoms with Crippen LogP contribution in [0.25, 0.3) is 0 Å². The fourth-order valence-electron chi connectivity index (χ4n) is 4.92. The third-order valence-electron chi connectivity index (χ3n) is 6.21. The van der Waals surface area contributed by atoms with Crippen molar-refractivity contribution in [2.45, 2.75) is 25.0 Å². The number of carbonyl (C=O) groups excluding carboxylic acids is 2. The molecule has 26 heavy (non-hydrogen) atoms. The lowest BCUT2D eigenvalue weighted by Gasteiger charge is -2.29. The van der Waals surface area contributed by atoms with E-state index in [1.54, 1.807) is 0 Å². The first kappa shape index (κ1) is 16.0. The molecule has 0 N–H and O–H groups in total. The first-order valence-corrected chi connectivity index (χ1v) is 9.14. The number of hydrogen-bond donors (Lipinski definition) is 0. The van der Waals surface area contributed by atoms with Crippen LogP contribution in [0.3, 0.4) is 0 Å². The van der Waals surface area contributed by atoms with Gasteiger partial charge in [-0.2, -0.15) is 0 Å². The summed E-state index contributed by atoms with van der Waals surface area (Å²) in [4.78, 5) is 29.8. The average Bonchev–Trinajstić information content (AvgIpc) is 3.20. The molecule has 3 fully saturated rings. The van der Waals surface area contributed by atoms with Gasteiger partial charge in [0.15, 0.2) is 0 Å². The van der Waals surface area contributed by atoms with Gasteiger partial charge in [-0.3, -0.25) is 9.59 Å². The van der Waals surface area contributed by atoms with Gasteiger partial charge in [-0.25, -0.2) is 4.90 Å². The Morgan fingerprint density at radius 2 is 1.38 bits per heavy atom. The van der Waals surface area contributed by atoms with Gasteiger partial charge in [0.2, 0.25) is 11.8 Å². The van der Waals surface area contributed by atoms with E-state index >= 15 is 0 Å². The number of nitrogens with zero attached hydrogens (tertiary/aromatic N) is 2. The van der Waals surface area contributed by atoms with Crippen LogP contribution in [-0.4, -0.2) is 49.3 Å². The minimum Gasteiger partial charge on any atom is -0.378 e. The first-order chi connectivity index (χ1) is 12.4. The molecule has 4 heterocycles. The number of hydrogen-bond acceptors (Lipinski definition) is 5. The molecule has 0 spiro atoms. The molecule has 0 saturated carbocycles. The molecule has 2 bridgehead atoms. The summed E-state index contributed by atoms with van der Waals surface area (Å²) in [6.07, 6.45) is 3.87. The molecule has 1 aromatic carbocycles. The molecule has 136 valence electrons. The lowest BCUT2D eigenvalue weighted by molar-refractivity contribution is -0.128. The Hall–Kier alpha value is -2.18. The number of imide groups is 1. The number of rotatable bonds is 2. The molecule has 0 aromatic heterocycles. The summed E-state index contributed by atoms with van der Waals surface area (Å²) in [7, 11) is 0. The number of amides is 2. The zero-order valence-corrected chi connectivity index (χ0v) is 15.0. The van der Waals surface area contributed by atoms with Crippen molar-refractivity contribution >= 4 is 23.2 Å². The van der Waals surface area contributed by atoms with Gasteiger partial charge >= 0.3 is 0 Å². The average molecular weight is 354 g/mol. The van der Waals surface area contributed by atoms with E-state index in [1.165, 1.54) is 4.90 Å². The number of benzene rings is 1. The fourth-order valence-corrected chi connectivity index (χ4v) is 4.92. The van der Waals surface area contributed by atoms with Gasteiger partial charge in [0.25, 0.3) is 0 Å². The second-order valence-corrected chi connectivity index (χ2v) is 7.89. The summed E-state index contributed by atoms with van der Waals surface area (Å²) in [5, 5.41) is 0. The molecule has 0 aliphatic carbocycles. The maximum Gasteiger partial charge on any atom is 0.241 e. The van der Waals surface area contributed by atoms with E-state index in [0.717, 1.165) is 32.0 Å². The summed E-state index contributed by atoms with van der Waals surface area (Å²) in [6.45, 7) is 6.94. The van der Waals surface area contributed by atoms with Crippen LogP contribution in [0.1, 0.15) is 13.8 Å². The molecule has 6 heteroatoms. The van der Waals surface area contributed by atoms with E-state index in [4.69, 9.17) is 9.47 Å². The molecule has 2 amide bonds. The quantitative estimate of drug-likeness (QED) is 0.598. The van der Waals surface area contributed by atoms with E-state index in [1.807, 2.05) is 50.3 Å². The number of ether oxygens (including phenoxy) is 2. The van der Waals surface area contributed by atoms with Crippen molar-refractivity contribution in [3.63, 3.8) is 0 Å². The predicted molar refractivity (Wildman–Crippen MR) is 96.0 cm³/mol. The van der Waals surface area contributed by atoms with Gasteiger partial charge in [0, 0.05) is 18.8 Å². The second-order valence-electron chi connectivity index (χ2n) is 7.89. The van der Waals surface area contributed by atoms with Gasteiger partial charge in [0.1, 0.15) is 0 Å². The Morgan fingerprint density at radius 1 is 0.885 bits per heavy atom. The molecule has 4 aliphatic rings. The van der Waals surface area contributed by atoms with Gasteiger partial charge in [0.05, 0.1) is 41.9 Å². The highest BCUT2D eigenvalue weighted by Gasteiger charge is 2.70. The van der Waals surface area contributed by atoms with E-state index in [2.05, 4.69) is 4.90 Å². The summed E-state index contributed by atoms with van der Waals surface area (Å²) in [5.74, 6) is -1.20. The zero-order chi connectivity index (χ0) is 18.1. The van der Waals surface area contributed by atoms with Crippen molar-refractivity contribution in [1.29, 1.82) is 0 Å². The smallest absolute Gasteiger partial charge is 0.241 e. The van der Waals surface area contributed by atoms with Crippen LogP contribution < -0.4 is 9.80 Å². The minimum atomic E-state index is -0.686. The van der Waals surface area contributed by atoms with Crippen molar-refractivity contribution in [3.8, 4) is 0 Å². The molecule has 4 unspecified atom stereocenters. The third-order valence-corrected chi connectivity index (χ3v) is 6.21. The maximum atomic E-state index is 13.1. The molecule has 5 rings (SSSR count).